The van der Waals surface area contributed by atoms with Gasteiger partial charge in [0.05, 0.1) is 10.7 Å². The summed E-state index contributed by atoms with van der Waals surface area (Å²) < 4.78 is 0. The number of aryl methyl sites for hydroxylation is 1. The summed E-state index contributed by atoms with van der Waals surface area (Å²) in [7, 11) is 1.97. The van der Waals surface area contributed by atoms with E-state index in [1.807, 2.05) is 18.9 Å². The van der Waals surface area contributed by atoms with Crippen molar-refractivity contribution in [2.45, 2.75) is 33.6 Å². The van der Waals surface area contributed by atoms with Crippen molar-refractivity contribution in [3.05, 3.63) is 15.6 Å². The molecule has 1 aliphatic rings. The molecule has 1 saturated heterocycles. The Balaban J connectivity index is 2.09. The number of carbonyl (C=O) groups excluding carboxylic acids is 1. The topological polar surface area (TPSA) is 45.2 Å². The third kappa shape index (κ3) is 3.58. The van der Waals surface area contributed by atoms with Crippen LogP contribution in [0.5, 0.6) is 0 Å². The molecule has 0 aliphatic carbocycles. The molecule has 0 aromatic carbocycles. The minimum atomic E-state index is 0.185. The molecule has 1 amide bonds. The number of amides is 1. The lowest BCUT2D eigenvalue weighted by atomic mass is 10.1. The van der Waals surface area contributed by atoms with Crippen LogP contribution in [0.1, 0.15) is 40.6 Å². The van der Waals surface area contributed by atoms with Crippen LogP contribution in [0, 0.1) is 18.8 Å². The van der Waals surface area contributed by atoms with Gasteiger partial charge in [-0.3, -0.25) is 4.79 Å². The second-order valence-corrected chi connectivity index (χ2v) is 7.27. The van der Waals surface area contributed by atoms with E-state index in [1.165, 1.54) is 0 Å². The van der Waals surface area contributed by atoms with Gasteiger partial charge in [0, 0.05) is 13.1 Å². The Morgan fingerprint density at radius 1 is 1.55 bits per heavy atom. The average Bonchev–Trinajstić information content (AvgIpc) is 2.95. The first kappa shape index (κ1) is 15.4. The number of nitrogens with one attached hydrogen (secondary N) is 1. The summed E-state index contributed by atoms with van der Waals surface area (Å²) in [6.07, 6.45) is 1.99. The molecule has 2 heterocycles. The standard InChI is InChI=1S/C15H25N3OS/c1-10(2)7-13-14(20-11(3)17-13)15(19)18-6-5-12(9-18)8-16-4/h10,12,16H,5-9H2,1-4H3/t12-/m0/s1. The van der Waals surface area contributed by atoms with Crippen LogP contribution >= 0.6 is 11.3 Å². The Morgan fingerprint density at radius 2 is 2.30 bits per heavy atom. The van der Waals surface area contributed by atoms with Crippen molar-refractivity contribution in [2.24, 2.45) is 11.8 Å². The second kappa shape index (κ2) is 6.68. The molecule has 0 saturated carbocycles. The van der Waals surface area contributed by atoms with Crippen molar-refractivity contribution < 1.29 is 4.79 Å². The molecule has 112 valence electrons. The summed E-state index contributed by atoms with van der Waals surface area (Å²) in [5, 5.41) is 4.20. The molecular weight excluding hydrogens is 270 g/mol. The maximum absolute atomic E-state index is 12.7. The predicted octanol–water partition coefficient (Wildman–Crippen LogP) is 2.33. The largest absolute Gasteiger partial charge is 0.338 e. The van der Waals surface area contributed by atoms with Crippen molar-refractivity contribution in [1.82, 2.24) is 15.2 Å². The maximum Gasteiger partial charge on any atom is 0.265 e. The third-order valence-electron chi connectivity index (χ3n) is 3.67. The van der Waals surface area contributed by atoms with E-state index in [-0.39, 0.29) is 5.91 Å². The third-order valence-corrected chi connectivity index (χ3v) is 4.67. The van der Waals surface area contributed by atoms with Crippen LogP contribution in [0.25, 0.3) is 0 Å². The first-order valence-corrected chi connectivity index (χ1v) is 8.23. The molecule has 1 N–H and O–H groups in total. The van der Waals surface area contributed by atoms with E-state index >= 15 is 0 Å². The van der Waals surface area contributed by atoms with Crippen molar-refractivity contribution in [3.63, 3.8) is 0 Å². The number of rotatable bonds is 5. The summed E-state index contributed by atoms with van der Waals surface area (Å²) >= 11 is 1.55. The number of likely N-dealkylation sites (tertiary alicyclic amines) is 1. The Bertz CT molecular complexity index is 470. The highest BCUT2D eigenvalue weighted by Crippen LogP contribution is 2.25. The van der Waals surface area contributed by atoms with Crippen molar-refractivity contribution in [3.8, 4) is 0 Å². The monoisotopic (exact) mass is 295 g/mol. The van der Waals surface area contributed by atoms with Gasteiger partial charge in [-0.15, -0.1) is 11.3 Å². The Kier molecular flexibility index (Phi) is 5.16. The van der Waals surface area contributed by atoms with E-state index in [9.17, 15) is 4.79 Å². The first-order chi connectivity index (χ1) is 9.51. The van der Waals surface area contributed by atoms with Crippen LogP contribution in [0.15, 0.2) is 0 Å². The fraction of sp³-hybridized carbons (Fsp3) is 0.733. The van der Waals surface area contributed by atoms with Gasteiger partial charge in [-0.05, 0) is 45.2 Å². The zero-order valence-corrected chi connectivity index (χ0v) is 13.7. The summed E-state index contributed by atoms with van der Waals surface area (Å²) in [5.74, 6) is 1.30. The zero-order chi connectivity index (χ0) is 14.7. The fourth-order valence-electron chi connectivity index (χ4n) is 2.78. The van der Waals surface area contributed by atoms with Gasteiger partial charge >= 0.3 is 0 Å². The van der Waals surface area contributed by atoms with Crippen LogP contribution < -0.4 is 5.32 Å². The number of carbonyl (C=O) groups is 1. The highest BCUT2D eigenvalue weighted by molar-refractivity contribution is 7.13. The number of hydrogen-bond donors (Lipinski definition) is 1. The van der Waals surface area contributed by atoms with Crippen LogP contribution in [-0.4, -0.2) is 42.5 Å². The van der Waals surface area contributed by atoms with Crippen molar-refractivity contribution in [2.75, 3.05) is 26.7 Å². The molecule has 20 heavy (non-hydrogen) atoms. The summed E-state index contributed by atoms with van der Waals surface area (Å²) in [6, 6.07) is 0. The van der Waals surface area contributed by atoms with Crippen molar-refractivity contribution >= 4 is 17.2 Å². The van der Waals surface area contributed by atoms with E-state index in [0.717, 1.165) is 48.1 Å². The van der Waals surface area contributed by atoms with Gasteiger partial charge < -0.3 is 10.2 Å². The van der Waals surface area contributed by atoms with Gasteiger partial charge in [-0.25, -0.2) is 4.98 Å². The van der Waals surface area contributed by atoms with Gasteiger partial charge in [-0.1, -0.05) is 13.8 Å². The molecule has 1 fully saturated rings. The molecule has 0 radical (unpaired) electrons. The number of hydrogen-bond acceptors (Lipinski definition) is 4. The molecule has 5 heteroatoms. The molecule has 0 unspecified atom stereocenters. The zero-order valence-electron chi connectivity index (χ0n) is 12.9. The second-order valence-electron chi connectivity index (χ2n) is 6.07. The Hall–Kier alpha value is -0.940. The molecule has 2 rings (SSSR count). The van der Waals surface area contributed by atoms with Crippen LogP contribution in [0.3, 0.4) is 0 Å². The minimum absolute atomic E-state index is 0.185. The summed E-state index contributed by atoms with van der Waals surface area (Å²) in [6.45, 7) is 9.06. The molecule has 1 aromatic rings. The van der Waals surface area contributed by atoms with Gasteiger partial charge in [0.2, 0.25) is 0 Å². The minimum Gasteiger partial charge on any atom is -0.338 e. The van der Waals surface area contributed by atoms with Gasteiger partial charge in [-0.2, -0.15) is 0 Å². The lowest BCUT2D eigenvalue weighted by Gasteiger charge is -2.16. The first-order valence-electron chi connectivity index (χ1n) is 7.41. The van der Waals surface area contributed by atoms with E-state index in [1.54, 1.807) is 11.3 Å². The van der Waals surface area contributed by atoms with Gasteiger partial charge in [0.25, 0.3) is 5.91 Å². The average molecular weight is 295 g/mol. The van der Waals surface area contributed by atoms with E-state index in [4.69, 9.17) is 0 Å². The van der Waals surface area contributed by atoms with Crippen LogP contribution in [0.2, 0.25) is 0 Å². The predicted molar refractivity (Wildman–Crippen MR) is 83.3 cm³/mol. The summed E-state index contributed by atoms with van der Waals surface area (Å²) in [4.78, 5) is 20.1. The molecule has 4 nitrogen and oxygen atoms in total. The van der Waals surface area contributed by atoms with Gasteiger partial charge in [0.1, 0.15) is 4.88 Å². The molecule has 1 aliphatic heterocycles. The maximum atomic E-state index is 12.7. The Morgan fingerprint density at radius 3 is 2.95 bits per heavy atom. The van der Waals surface area contributed by atoms with E-state index in [2.05, 4.69) is 24.1 Å². The SMILES string of the molecule is CNC[C@@H]1CCN(C(=O)c2sc(C)nc2CC(C)C)C1. The fourth-order valence-corrected chi connectivity index (χ4v) is 3.69. The summed E-state index contributed by atoms with van der Waals surface area (Å²) in [5.41, 5.74) is 0.990. The Labute approximate surface area is 125 Å². The van der Waals surface area contributed by atoms with Crippen LogP contribution in [0.4, 0.5) is 0 Å². The highest BCUT2D eigenvalue weighted by Gasteiger charge is 2.29. The quantitative estimate of drug-likeness (QED) is 0.907. The molecule has 1 aromatic heterocycles. The number of nitrogens with zero attached hydrogens (tertiary/aromatic N) is 2. The van der Waals surface area contributed by atoms with E-state index in [0.29, 0.717) is 11.8 Å². The molecule has 0 bridgehead atoms. The van der Waals surface area contributed by atoms with Gasteiger partial charge in [0.15, 0.2) is 0 Å². The normalized spacial score (nSPS) is 19.1. The lowest BCUT2D eigenvalue weighted by molar-refractivity contribution is 0.0790. The van der Waals surface area contributed by atoms with E-state index < -0.39 is 0 Å². The smallest absolute Gasteiger partial charge is 0.265 e. The molecule has 1 atom stereocenters. The lowest BCUT2D eigenvalue weighted by Crippen LogP contribution is -2.30. The van der Waals surface area contributed by atoms with Crippen LogP contribution in [-0.2, 0) is 6.42 Å². The highest BCUT2D eigenvalue weighted by atomic mass is 32.1. The molecule has 0 spiro atoms. The van der Waals surface area contributed by atoms with Crippen molar-refractivity contribution in [1.29, 1.82) is 0 Å². The molecular formula is C15H25N3OS. The number of aromatic nitrogens is 1. The number of thiazole rings is 1.